The SMILES string of the molecule is O=S(=O)(C1CCCCC1)N1CCN(S(=O)(=O)C2CCCCC2)CC1. The molecule has 24 heavy (non-hydrogen) atoms. The maximum Gasteiger partial charge on any atom is 0.217 e. The molecule has 0 aromatic heterocycles. The Morgan fingerprint density at radius 1 is 0.500 bits per heavy atom. The Hall–Kier alpha value is -0.180. The van der Waals surface area contributed by atoms with Crippen LogP contribution in [0.2, 0.25) is 0 Å². The van der Waals surface area contributed by atoms with Gasteiger partial charge in [0, 0.05) is 26.2 Å². The quantitative estimate of drug-likeness (QED) is 0.749. The van der Waals surface area contributed by atoms with E-state index in [1.54, 1.807) is 0 Å². The van der Waals surface area contributed by atoms with Crippen molar-refractivity contribution in [3.63, 3.8) is 0 Å². The molecule has 0 N–H and O–H groups in total. The maximum absolute atomic E-state index is 12.8. The molecule has 1 heterocycles. The normalized spacial score (nSPS) is 27.3. The van der Waals surface area contributed by atoms with Gasteiger partial charge in [-0.3, -0.25) is 0 Å². The third-order valence-corrected chi connectivity index (χ3v) is 10.7. The summed E-state index contributed by atoms with van der Waals surface area (Å²) in [5.74, 6) is 0. The number of nitrogens with zero attached hydrogens (tertiary/aromatic N) is 2. The third-order valence-electron chi connectivity index (χ3n) is 5.86. The van der Waals surface area contributed by atoms with E-state index >= 15 is 0 Å². The van der Waals surface area contributed by atoms with Crippen LogP contribution in [0.25, 0.3) is 0 Å². The highest BCUT2D eigenvalue weighted by molar-refractivity contribution is 7.90. The van der Waals surface area contributed by atoms with Crippen molar-refractivity contribution >= 4 is 20.0 Å². The molecule has 3 rings (SSSR count). The summed E-state index contributed by atoms with van der Waals surface area (Å²) in [4.78, 5) is 0. The topological polar surface area (TPSA) is 74.8 Å². The molecule has 140 valence electrons. The summed E-state index contributed by atoms with van der Waals surface area (Å²) in [7, 11) is -6.53. The van der Waals surface area contributed by atoms with Gasteiger partial charge in [-0.25, -0.2) is 16.8 Å². The van der Waals surface area contributed by atoms with Gasteiger partial charge in [-0.2, -0.15) is 8.61 Å². The second kappa shape index (κ2) is 7.60. The first-order valence-electron chi connectivity index (χ1n) is 9.40. The molecule has 0 spiro atoms. The van der Waals surface area contributed by atoms with Crippen LogP contribution in [0.5, 0.6) is 0 Å². The fraction of sp³-hybridized carbons (Fsp3) is 1.00. The number of hydrogen-bond acceptors (Lipinski definition) is 4. The van der Waals surface area contributed by atoms with Gasteiger partial charge in [0.25, 0.3) is 0 Å². The molecule has 0 atom stereocenters. The lowest BCUT2D eigenvalue weighted by Crippen LogP contribution is -2.54. The first kappa shape index (κ1) is 18.6. The van der Waals surface area contributed by atoms with E-state index < -0.39 is 20.0 Å². The lowest BCUT2D eigenvalue weighted by atomic mass is 10.0. The van der Waals surface area contributed by atoms with Crippen molar-refractivity contribution in [3.05, 3.63) is 0 Å². The van der Waals surface area contributed by atoms with Crippen molar-refractivity contribution in [1.29, 1.82) is 0 Å². The summed E-state index contributed by atoms with van der Waals surface area (Å²) in [6.07, 6.45) is 9.20. The van der Waals surface area contributed by atoms with Crippen LogP contribution in [0.1, 0.15) is 64.2 Å². The summed E-state index contributed by atoms with van der Waals surface area (Å²) < 4.78 is 54.1. The lowest BCUT2D eigenvalue weighted by molar-refractivity contribution is 0.264. The molecule has 0 aromatic carbocycles. The van der Waals surface area contributed by atoms with E-state index in [4.69, 9.17) is 0 Å². The summed E-state index contributed by atoms with van der Waals surface area (Å²) in [5.41, 5.74) is 0. The summed E-state index contributed by atoms with van der Waals surface area (Å²) in [6, 6.07) is 0. The van der Waals surface area contributed by atoms with Gasteiger partial charge in [0.15, 0.2) is 0 Å². The second-order valence-electron chi connectivity index (χ2n) is 7.41. The Balaban J connectivity index is 1.60. The summed E-state index contributed by atoms with van der Waals surface area (Å²) >= 11 is 0. The molecule has 0 aromatic rings. The maximum atomic E-state index is 12.8. The minimum absolute atomic E-state index is 0.257. The average molecular weight is 379 g/mol. The first-order chi connectivity index (χ1) is 11.4. The highest BCUT2D eigenvalue weighted by atomic mass is 32.2. The largest absolute Gasteiger partial charge is 0.217 e. The van der Waals surface area contributed by atoms with Gasteiger partial charge in [0.05, 0.1) is 10.5 Å². The molecular formula is C16H30N2O4S2. The molecule has 0 radical (unpaired) electrons. The van der Waals surface area contributed by atoms with Crippen LogP contribution in [0.3, 0.4) is 0 Å². The molecule has 8 heteroatoms. The van der Waals surface area contributed by atoms with Crippen molar-refractivity contribution in [2.75, 3.05) is 26.2 Å². The molecular weight excluding hydrogens is 348 g/mol. The van der Waals surface area contributed by atoms with Gasteiger partial charge in [0.2, 0.25) is 20.0 Å². The van der Waals surface area contributed by atoms with E-state index in [1.807, 2.05) is 0 Å². The number of sulfonamides is 2. The van der Waals surface area contributed by atoms with Crippen molar-refractivity contribution in [1.82, 2.24) is 8.61 Å². The smallest absolute Gasteiger partial charge is 0.212 e. The zero-order valence-corrected chi connectivity index (χ0v) is 16.0. The van der Waals surface area contributed by atoms with Crippen LogP contribution < -0.4 is 0 Å². The number of piperazine rings is 1. The van der Waals surface area contributed by atoms with Crippen LogP contribution in [-0.2, 0) is 20.0 Å². The molecule has 0 amide bonds. The van der Waals surface area contributed by atoms with E-state index in [9.17, 15) is 16.8 Å². The highest BCUT2D eigenvalue weighted by Crippen LogP contribution is 2.29. The zero-order chi connectivity index (χ0) is 17.2. The lowest BCUT2D eigenvalue weighted by Gasteiger charge is -2.38. The molecule has 3 fully saturated rings. The Labute approximate surface area is 146 Å². The molecule has 3 aliphatic rings. The van der Waals surface area contributed by atoms with E-state index in [0.29, 0.717) is 26.2 Å². The van der Waals surface area contributed by atoms with Crippen molar-refractivity contribution in [2.24, 2.45) is 0 Å². The van der Waals surface area contributed by atoms with Gasteiger partial charge < -0.3 is 0 Å². The van der Waals surface area contributed by atoms with Gasteiger partial charge in [-0.15, -0.1) is 0 Å². The number of hydrogen-bond donors (Lipinski definition) is 0. The predicted octanol–water partition coefficient (Wildman–Crippen LogP) is 1.93. The Bertz CT molecular complexity index is 556. The van der Waals surface area contributed by atoms with Crippen LogP contribution in [0.15, 0.2) is 0 Å². The molecule has 1 saturated heterocycles. The van der Waals surface area contributed by atoms with Crippen LogP contribution in [0.4, 0.5) is 0 Å². The standard InChI is InChI=1S/C16H30N2O4S2/c19-23(20,15-7-3-1-4-8-15)17-11-13-18(14-12-17)24(21,22)16-9-5-2-6-10-16/h15-16H,1-14H2. The second-order valence-corrected chi connectivity index (χ2v) is 11.8. The molecule has 2 saturated carbocycles. The van der Waals surface area contributed by atoms with Gasteiger partial charge in [-0.1, -0.05) is 38.5 Å². The van der Waals surface area contributed by atoms with Gasteiger partial charge >= 0.3 is 0 Å². The van der Waals surface area contributed by atoms with E-state index in [0.717, 1.165) is 64.2 Å². The van der Waals surface area contributed by atoms with Crippen LogP contribution in [-0.4, -0.2) is 62.1 Å². The third kappa shape index (κ3) is 3.81. The monoisotopic (exact) mass is 378 g/mol. The minimum atomic E-state index is -3.27. The van der Waals surface area contributed by atoms with Crippen LogP contribution in [0, 0.1) is 0 Å². The Morgan fingerprint density at radius 2 is 0.792 bits per heavy atom. The van der Waals surface area contributed by atoms with Crippen molar-refractivity contribution < 1.29 is 16.8 Å². The first-order valence-corrected chi connectivity index (χ1v) is 12.4. The van der Waals surface area contributed by atoms with E-state index in [-0.39, 0.29) is 10.5 Å². The summed E-state index contributed by atoms with van der Waals surface area (Å²) in [6.45, 7) is 1.24. The van der Waals surface area contributed by atoms with Gasteiger partial charge in [0.1, 0.15) is 0 Å². The molecule has 2 aliphatic carbocycles. The fourth-order valence-electron chi connectivity index (χ4n) is 4.33. The average Bonchev–Trinajstić information content (AvgIpc) is 2.63. The molecule has 6 nitrogen and oxygen atoms in total. The molecule has 0 unspecified atom stereocenters. The Morgan fingerprint density at radius 3 is 1.08 bits per heavy atom. The van der Waals surface area contributed by atoms with Crippen LogP contribution >= 0.6 is 0 Å². The molecule has 1 aliphatic heterocycles. The number of rotatable bonds is 4. The summed E-state index contributed by atoms with van der Waals surface area (Å²) in [5, 5.41) is -0.513. The van der Waals surface area contributed by atoms with Gasteiger partial charge in [-0.05, 0) is 25.7 Å². The predicted molar refractivity (Wildman–Crippen MR) is 94.7 cm³/mol. The highest BCUT2D eigenvalue weighted by Gasteiger charge is 2.39. The van der Waals surface area contributed by atoms with Crippen molar-refractivity contribution in [2.45, 2.75) is 74.7 Å². The minimum Gasteiger partial charge on any atom is -0.212 e. The fourth-order valence-corrected chi connectivity index (χ4v) is 8.37. The molecule has 0 bridgehead atoms. The zero-order valence-electron chi connectivity index (χ0n) is 14.4. The Kier molecular flexibility index (Phi) is 5.89. The van der Waals surface area contributed by atoms with E-state index in [2.05, 4.69) is 0 Å². The van der Waals surface area contributed by atoms with Crippen molar-refractivity contribution in [3.8, 4) is 0 Å². The van der Waals surface area contributed by atoms with E-state index in [1.165, 1.54) is 8.61 Å².